The minimum Gasteiger partial charge on any atom is -0.347 e. The molecule has 1 aliphatic heterocycles. The molecule has 0 aromatic rings. The van der Waals surface area contributed by atoms with Gasteiger partial charge in [-0.05, 0) is 84.2 Å². The summed E-state index contributed by atoms with van der Waals surface area (Å²) in [6, 6.07) is 0. The van der Waals surface area contributed by atoms with E-state index >= 15 is 0 Å². The van der Waals surface area contributed by atoms with Crippen molar-refractivity contribution in [3.63, 3.8) is 0 Å². The van der Waals surface area contributed by atoms with Gasteiger partial charge in [-0.1, -0.05) is 120 Å². The van der Waals surface area contributed by atoms with Gasteiger partial charge >= 0.3 is 0 Å². The molecule has 1 heterocycles. The highest BCUT2D eigenvalue weighted by Crippen LogP contribution is 2.36. The molecule has 0 bridgehead atoms. The lowest BCUT2D eigenvalue weighted by Gasteiger charge is -2.28. The Morgan fingerprint density at radius 3 is 1.66 bits per heavy atom. The smallest absolute Gasteiger partial charge is 0.168 e. The first-order valence-corrected chi connectivity index (χ1v) is 22.0. The van der Waals surface area contributed by atoms with Crippen molar-refractivity contribution in [3.8, 4) is 0 Å². The van der Waals surface area contributed by atoms with Gasteiger partial charge in [0, 0.05) is 35.9 Å². The number of rotatable bonds is 31. The third-order valence-electron chi connectivity index (χ3n) is 7.39. The van der Waals surface area contributed by atoms with E-state index in [0.29, 0.717) is 0 Å². The molecule has 1 fully saturated rings. The van der Waals surface area contributed by atoms with Gasteiger partial charge in [-0.3, -0.25) is 0 Å². The second-order valence-electron chi connectivity index (χ2n) is 11.3. The third-order valence-corrected chi connectivity index (χ3v) is 12.4. The summed E-state index contributed by atoms with van der Waals surface area (Å²) in [5.41, 5.74) is 0. The molecule has 0 radical (unpaired) electrons. The van der Waals surface area contributed by atoms with E-state index in [4.69, 9.17) is 9.47 Å². The molecule has 0 amide bonds. The molecule has 0 spiro atoms. The molecule has 41 heavy (non-hydrogen) atoms. The van der Waals surface area contributed by atoms with Crippen LogP contribution in [-0.2, 0) is 9.47 Å². The first kappa shape index (κ1) is 39.8. The van der Waals surface area contributed by atoms with Gasteiger partial charge in [0.15, 0.2) is 5.79 Å². The van der Waals surface area contributed by atoms with Crippen LogP contribution in [0, 0.1) is 0 Å². The van der Waals surface area contributed by atoms with Gasteiger partial charge < -0.3 is 14.8 Å². The highest BCUT2D eigenvalue weighted by atomic mass is 33.1. The minimum atomic E-state index is -0.335. The molecular formula is C34H65NO2S4. The van der Waals surface area contributed by atoms with Crippen molar-refractivity contribution in [2.75, 3.05) is 43.2 Å². The van der Waals surface area contributed by atoms with Crippen molar-refractivity contribution in [2.45, 2.75) is 148 Å². The van der Waals surface area contributed by atoms with Crippen molar-refractivity contribution in [2.24, 2.45) is 0 Å². The molecule has 0 aromatic heterocycles. The molecular weight excluding hydrogens is 583 g/mol. The number of hydrogen-bond donors (Lipinski definition) is 1. The molecule has 0 aliphatic carbocycles. The van der Waals surface area contributed by atoms with Crippen LogP contribution >= 0.6 is 43.2 Å². The largest absolute Gasteiger partial charge is 0.347 e. The molecule has 1 rings (SSSR count). The molecule has 7 heteroatoms. The topological polar surface area (TPSA) is 30.5 Å². The monoisotopic (exact) mass is 647 g/mol. The van der Waals surface area contributed by atoms with E-state index in [9.17, 15) is 0 Å². The Morgan fingerprint density at radius 2 is 1.15 bits per heavy atom. The van der Waals surface area contributed by atoms with Crippen LogP contribution in [0.2, 0.25) is 0 Å². The number of allylic oxidation sites excluding steroid dienone is 4. The van der Waals surface area contributed by atoms with Crippen LogP contribution < -0.4 is 5.32 Å². The summed E-state index contributed by atoms with van der Waals surface area (Å²) < 4.78 is 13.0. The van der Waals surface area contributed by atoms with Crippen LogP contribution in [0.4, 0.5) is 0 Å². The first-order chi connectivity index (χ1) is 20.3. The lowest BCUT2D eigenvalue weighted by Crippen LogP contribution is -2.31. The maximum Gasteiger partial charge on any atom is 0.168 e. The summed E-state index contributed by atoms with van der Waals surface area (Å²) in [6.07, 6.45) is 33.6. The van der Waals surface area contributed by atoms with Gasteiger partial charge in [-0.15, -0.1) is 0 Å². The van der Waals surface area contributed by atoms with Gasteiger partial charge in [0.05, 0.1) is 12.7 Å². The zero-order valence-electron chi connectivity index (χ0n) is 27.0. The van der Waals surface area contributed by atoms with E-state index in [1.54, 1.807) is 0 Å². The van der Waals surface area contributed by atoms with E-state index < -0.39 is 0 Å². The van der Waals surface area contributed by atoms with E-state index in [2.05, 4.69) is 43.5 Å². The zero-order valence-corrected chi connectivity index (χ0v) is 30.3. The molecule has 3 nitrogen and oxygen atoms in total. The van der Waals surface area contributed by atoms with Gasteiger partial charge in [-0.2, -0.15) is 0 Å². The van der Waals surface area contributed by atoms with Gasteiger partial charge in [0.1, 0.15) is 0 Å². The number of nitrogens with one attached hydrogen (secondary N) is 1. The number of hydrogen-bond acceptors (Lipinski definition) is 7. The van der Waals surface area contributed by atoms with Crippen LogP contribution in [0.25, 0.3) is 0 Å². The van der Waals surface area contributed by atoms with Crippen molar-refractivity contribution >= 4 is 43.2 Å². The molecule has 1 saturated heterocycles. The van der Waals surface area contributed by atoms with Crippen LogP contribution in [0.3, 0.4) is 0 Å². The summed E-state index contributed by atoms with van der Waals surface area (Å²) in [6.45, 7) is 6.31. The van der Waals surface area contributed by atoms with E-state index in [1.807, 2.05) is 50.2 Å². The minimum absolute atomic E-state index is 0.247. The third kappa shape index (κ3) is 24.7. The van der Waals surface area contributed by atoms with Gasteiger partial charge in [0.2, 0.25) is 0 Å². The summed E-state index contributed by atoms with van der Waals surface area (Å²) >= 11 is 0. The van der Waals surface area contributed by atoms with Gasteiger partial charge in [0.25, 0.3) is 0 Å². The average molecular weight is 648 g/mol. The summed E-state index contributed by atoms with van der Waals surface area (Å²) in [4.78, 5) is 0. The Kier molecular flexibility index (Phi) is 29.9. The Morgan fingerprint density at radius 1 is 0.634 bits per heavy atom. The predicted molar refractivity (Wildman–Crippen MR) is 195 cm³/mol. The molecule has 1 N–H and O–H groups in total. The molecule has 242 valence electrons. The molecule has 1 atom stereocenters. The van der Waals surface area contributed by atoms with E-state index in [0.717, 1.165) is 32.4 Å². The fourth-order valence-electron chi connectivity index (χ4n) is 4.88. The summed E-state index contributed by atoms with van der Waals surface area (Å²) in [5.74, 6) is 4.58. The number of unbranched alkanes of at least 4 members (excludes halogenated alkanes) is 10. The summed E-state index contributed by atoms with van der Waals surface area (Å²) in [5, 5.41) is 3.26. The molecule has 1 aliphatic rings. The van der Waals surface area contributed by atoms with Crippen molar-refractivity contribution in [1.29, 1.82) is 0 Å². The molecule has 0 aromatic carbocycles. The number of ether oxygens (including phenoxy) is 2. The Hall–Kier alpha value is 0.760. The predicted octanol–water partition coefficient (Wildman–Crippen LogP) is 11.6. The normalized spacial score (nSPS) is 17.0. The molecule has 1 unspecified atom stereocenters. The van der Waals surface area contributed by atoms with Crippen LogP contribution in [0.15, 0.2) is 24.3 Å². The maximum atomic E-state index is 6.58. The summed E-state index contributed by atoms with van der Waals surface area (Å²) in [7, 11) is 10.2. The fraction of sp³-hybridized carbons (Fsp3) is 0.882. The van der Waals surface area contributed by atoms with Crippen molar-refractivity contribution in [3.05, 3.63) is 24.3 Å². The van der Waals surface area contributed by atoms with Crippen LogP contribution in [0.5, 0.6) is 0 Å². The Balaban J connectivity index is 2.12. The maximum absolute atomic E-state index is 6.58. The van der Waals surface area contributed by atoms with Crippen LogP contribution in [0.1, 0.15) is 136 Å². The Bertz CT molecular complexity index is 567. The quantitative estimate of drug-likeness (QED) is 0.0455. The van der Waals surface area contributed by atoms with Crippen molar-refractivity contribution in [1.82, 2.24) is 5.32 Å². The highest BCUT2D eigenvalue weighted by molar-refractivity contribution is 8.77. The fourth-order valence-corrected chi connectivity index (χ4v) is 9.16. The van der Waals surface area contributed by atoms with Gasteiger partial charge in [-0.25, -0.2) is 0 Å². The standard InChI is InChI=1S/C34H65NO2S4/c1-4-6-8-10-12-14-16-20-28-38-40-30-22-18-25-34(36-32-33(37-34)24-27-35-3)26-19-23-31-41-39-29-21-17-15-13-11-9-7-5-2/h14-17,33,35H,4-13,18-32H2,1-3H3/b16-14-,17-15-. The first-order valence-electron chi connectivity index (χ1n) is 17.0. The second kappa shape index (κ2) is 30.8. The lowest BCUT2D eigenvalue weighted by molar-refractivity contribution is -0.179. The highest BCUT2D eigenvalue weighted by Gasteiger charge is 2.40. The lowest BCUT2D eigenvalue weighted by atomic mass is 10.0. The zero-order chi connectivity index (χ0) is 29.5. The van der Waals surface area contributed by atoms with Crippen LogP contribution in [-0.4, -0.2) is 55.1 Å². The average Bonchev–Trinajstić information content (AvgIpc) is 3.39. The SMILES string of the molecule is CCCCCC/C=C\CCSSCCCCC1(CCCCSSCC/C=C\CCCCCC)OCC(CCNC)O1. The Labute approximate surface area is 271 Å². The van der Waals surface area contributed by atoms with E-state index in [-0.39, 0.29) is 11.9 Å². The van der Waals surface area contributed by atoms with Crippen molar-refractivity contribution < 1.29 is 9.47 Å². The van der Waals surface area contributed by atoms with E-state index in [1.165, 1.54) is 126 Å². The second-order valence-corrected chi connectivity index (χ2v) is 16.7. The molecule has 0 saturated carbocycles.